The summed E-state index contributed by atoms with van der Waals surface area (Å²) < 4.78 is 89.4. The maximum absolute atomic E-state index is 13.2. The van der Waals surface area contributed by atoms with Crippen LogP contribution in [0.4, 0.5) is 26.3 Å². The highest BCUT2D eigenvalue weighted by molar-refractivity contribution is 5.92. The largest absolute Gasteiger partial charge is 0.443 e. The first kappa shape index (κ1) is 17.8. The van der Waals surface area contributed by atoms with Crippen LogP contribution in [0.15, 0.2) is 9.98 Å². The molecule has 0 aliphatic carbocycles. The van der Waals surface area contributed by atoms with Crippen molar-refractivity contribution in [2.24, 2.45) is 9.98 Å². The van der Waals surface area contributed by atoms with E-state index in [2.05, 4.69) is 9.98 Å². The number of morpholine rings is 1. The van der Waals surface area contributed by atoms with Gasteiger partial charge in [-0.2, -0.15) is 31.3 Å². The van der Waals surface area contributed by atoms with E-state index in [0.717, 1.165) is 0 Å². The standard InChI is InChI=1S/C12H15F6N3O2/c1-2-3-8-19-10(11(13,14)15,12(16,17)18)20-9(23-8)21-4-6-22-7-5-21/h2-7H2,1H3. The summed E-state index contributed by atoms with van der Waals surface area (Å²) in [6, 6.07) is -0.721. The first-order chi connectivity index (χ1) is 10.6. The van der Waals surface area contributed by atoms with Crippen molar-refractivity contribution in [3.05, 3.63) is 0 Å². The first-order valence-electron chi connectivity index (χ1n) is 6.93. The Balaban J connectivity index is 2.50. The van der Waals surface area contributed by atoms with E-state index in [1.807, 2.05) is 0 Å². The second-order valence-corrected chi connectivity index (χ2v) is 5.02. The molecule has 0 atom stereocenters. The molecule has 0 spiro atoms. The minimum atomic E-state index is -5.73. The fraction of sp³-hybridized carbons (Fsp3) is 0.833. The van der Waals surface area contributed by atoms with Crippen molar-refractivity contribution < 1.29 is 35.8 Å². The zero-order valence-corrected chi connectivity index (χ0v) is 12.2. The molecule has 1 saturated heterocycles. The molecule has 5 nitrogen and oxygen atoms in total. The van der Waals surface area contributed by atoms with Crippen LogP contribution in [0.1, 0.15) is 19.8 Å². The molecule has 0 saturated carbocycles. The number of halogens is 6. The summed E-state index contributed by atoms with van der Waals surface area (Å²) in [6.07, 6.45) is -11.3. The zero-order valence-electron chi connectivity index (χ0n) is 12.2. The van der Waals surface area contributed by atoms with Gasteiger partial charge in [-0.25, -0.2) is 4.99 Å². The van der Waals surface area contributed by atoms with Gasteiger partial charge in [-0.1, -0.05) is 6.92 Å². The van der Waals surface area contributed by atoms with Crippen LogP contribution in [0.2, 0.25) is 0 Å². The van der Waals surface area contributed by atoms with Crippen molar-refractivity contribution in [3.8, 4) is 0 Å². The van der Waals surface area contributed by atoms with Gasteiger partial charge in [0.2, 0.25) is 0 Å². The molecule has 2 rings (SSSR count). The third-order valence-corrected chi connectivity index (χ3v) is 3.29. The summed E-state index contributed by atoms with van der Waals surface area (Å²) >= 11 is 0. The summed E-state index contributed by atoms with van der Waals surface area (Å²) in [4.78, 5) is 6.82. The van der Waals surface area contributed by atoms with E-state index < -0.39 is 29.9 Å². The summed E-state index contributed by atoms with van der Waals surface area (Å²) in [6.45, 7) is 2.09. The number of rotatable bonds is 2. The topological polar surface area (TPSA) is 46.4 Å². The molecule has 2 aliphatic heterocycles. The van der Waals surface area contributed by atoms with Crippen molar-refractivity contribution in [3.63, 3.8) is 0 Å². The third-order valence-electron chi connectivity index (χ3n) is 3.29. The van der Waals surface area contributed by atoms with Gasteiger partial charge in [0.05, 0.1) is 13.2 Å². The van der Waals surface area contributed by atoms with E-state index >= 15 is 0 Å². The molecule has 11 heteroatoms. The maximum atomic E-state index is 13.2. The molecule has 0 amide bonds. The number of hydrogen-bond acceptors (Lipinski definition) is 5. The SMILES string of the molecule is CCCC1=NC(C(F)(F)F)(C(F)(F)F)N=C(N2CCOCC2)O1. The molecule has 0 aromatic rings. The second kappa shape index (κ2) is 6.17. The smallest absolute Gasteiger partial charge is 0.411 e. The molecule has 132 valence electrons. The molecule has 0 aromatic heterocycles. The van der Waals surface area contributed by atoms with Gasteiger partial charge in [-0.3, -0.25) is 0 Å². The lowest BCUT2D eigenvalue weighted by Gasteiger charge is -2.37. The van der Waals surface area contributed by atoms with Crippen molar-refractivity contribution in [2.75, 3.05) is 26.3 Å². The van der Waals surface area contributed by atoms with Crippen molar-refractivity contribution in [1.29, 1.82) is 0 Å². The summed E-state index contributed by atoms with van der Waals surface area (Å²) in [5.74, 6) is -0.626. The highest BCUT2D eigenvalue weighted by Crippen LogP contribution is 2.48. The van der Waals surface area contributed by atoms with E-state index in [-0.39, 0.29) is 39.1 Å². The Hall–Kier alpha value is -1.52. The number of nitrogens with zero attached hydrogens (tertiary/aromatic N) is 3. The van der Waals surface area contributed by atoms with Crippen LogP contribution in [0.5, 0.6) is 0 Å². The second-order valence-electron chi connectivity index (χ2n) is 5.02. The van der Waals surface area contributed by atoms with Crippen LogP contribution in [-0.4, -0.2) is 61.1 Å². The Kier molecular flexibility index (Phi) is 4.79. The van der Waals surface area contributed by atoms with Crippen LogP contribution in [0, 0.1) is 0 Å². The summed E-state index contributed by atoms with van der Waals surface area (Å²) in [5, 5.41) is 0. The number of aliphatic imine (C=N–C) groups is 2. The molecule has 23 heavy (non-hydrogen) atoms. The van der Waals surface area contributed by atoms with Gasteiger partial charge < -0.3 is 14.4 Å². The van der Waals surface area contributed by atoms with E-state index in [9.17, 15) is 26.3 Å². The molecule has 1 fully saturated rings. The quantitative estimate of drug-likeness (QED) is 0.722. The lowest BCUT2D eigenvalue weighted by Crippen LogP contribution is -2.58. The predicted octanol–water partition coefficient (Wildman–Crippen LogP) is 2.72. The molecule has 0 unspecified atom stereocenters. The average molecular weight is 347 g/mol. The summed E-state index contributed by atoms with van der Waals surface area (Å²) in [5.41, 5.74) is -4.53. The fourth-order valence-corrected chi connectivity index (χ4v) is 2.12. The molecule has 0 N–H and O–H groups in total. The normalized spacial score (nSPS) is 22.3. The first-order valence-corrected chi connectivity index (χ1v) is 6.93. The molecular formula is C12H15F6N3O2. The van der Waals surface area contributed by atoms with Gasteiger partial charge in [0.15, 0.2) is 5.90 Å². The molecule has 0 bridgehead atoms. The Labute approximate surface area is 128 Å². The van der Waals surface area contributed by atoms with Crippen LogP contribution in [0.3, 0.4) is 0 Å². The van der Waals surface area contributed by atoms with Crippen LogP contribution in [0.25, 0.3) is 0 Å². The Bertz CT molecular complexity index is 480. The van der Waals surface area contributed by atoms with Gasteiger partial charge in [0, 0.05) is 19.5 Å². The number of hydrogen-bond donors (Lipinski definition) is 0. The minimum Gasteiger partial charge on any atom is -0.411 e. The predicted molar refractivity (Wildman–Crippen MR) is 68.1 cm³/mol. The number of amidine groups is 1. The third kappa shape index (κ3) is 3.38. The molecule has 0 radical (unpaired) electrons. The van der Waals surface area contributed by atoms with Crippen LogP contribution >= 0.6 is 0 Å². The van der Waals surface area contributed by atoms with E-state index in [0.29, 0.717) is 0 Å². The van der Waals surface area contributed by atoms with Gasteiger partial charge in [0.25, 0.3) is 6.02 Å². The van der Waals surface area contributed by atoms with Crippen LogP contribution < -0.4 is 0 Å². The molecule has 0 aromatic carbocycles. The van der Waals surface area contributed by atoms with Crippen LogP contribution in [-0.2, 0) is 9.47 Å². The van der Waals surface area contributed by atoms with Crippen molar-refractivity contribution in [2.45, 2.75) is 37.8 Å². The van der Waals surface area contributed by atoms with E-state index in [1.165, 1.54) is 4.90 Å². The Morgan fingerprint density at radius 2 is 1.61 bits per heavy atom. The van der Waals surface area contributed by atoms with Gasteiger partial charge in [0.1, 0.15) is 0 Å². The van der Waals surface area contributed by atoms with Gasteiger partial charge >= 0.3 is 18.0 Å². The summed E-state index contributed by atoms with van der Waals surface area (Å²) in [7, 11) is 0. The lowest BCUT2D eigenvalue weighted by atomic mass is 10.1. The van der Waals surface area contributed by atoms with Gasteiger partial charge in [-0.15, -0.1) is 0 Å². The van der Waals surface area contributed by atoms with E-state index in [4.69, 9.17) is 9.47 Å². The Morgan fingerprint density at radius 3 is 2.09 bits per heavy atom. The monoisotopic (exact) mass is 347 g/mol. The Morgan fingerprint density at radius 1 is 1.04 bits per heavy atom. The average Bonchev–Trinajstić information content (AvgIpc) is 2.46. The fourth-order valence-electron chi connectivity index (χ4n) is 2.12. The van der Waals surface area contributed by atoms with Gasteiger partial charge in [-0.05, 0) is 6.42 Å². The zero-order chi connectivity index (χ0) is 17.3. The molecular weight excluding hydrogens is 332 g/mol. The molecule has 2 aliphatic rings. The highest BCUT2D eigenvalue weighted by atomic mass is 19.4. The highest BCUT2D eigenvalue weighted by Gasteiger charge is 2.74. The van der Waals surface area contributed by atoms with Crippen molar-refractivity contribution >= 4 is 11.9 Å². The van der Waals surface area contributed by atoms with E-state index in [1.54, 1.807) is 6.92 Å². The molecule has 2 heterocycles. The minimum absolute atomic E-state index is 0.0873. The maximum Gasteiger partial charge on any atom is 0.443 e. The lowest BCUT2D eigenvalue weighted by molar-refractivity contribution is -0.293. The number of ether oxygens (including phenoxy) is 2. The number of alkyl halides is 6. The van der Waals surface area contributed by atoms with Crippen molar-refractivity contribution in [1.82, 2.24) is 4.90 Å².